The van der Waals surface area contributed by atoms with Crippen molar-refractivity contribution in [2.75, 3.05) is 7.05 Å². The second-order valence-corrected chi connectivity index (χ2v) is 9.17. The molecule has 1 aromatic rings. The number of hydrogen-bond acceptors (Lipinski definition) is 5. The first kappa shape index (κ1) is 18.2. The maximum atomic E-state index is 12.7. The predicted molar refractivity (Wildman–Crippen MR) is 90.6 cm³/mol. The Kier molecular flexibility index (Phi) is 6.05. The van der Waals surface area contributed by atoms with Crippen LogP contribution in [0.15, 0.2) is 28.3 Å². The normalized spacial score (nSPS) is 18.0. The Morgan fingerprint density at radius 3 is 2.52 bits per heavy atom. The summed E-state index contributed by atoms with van der Waals surface area (Å²) < 4.78 is 26.8. The number of nitrogens with zero attached hydrogens (tertiary/aromatic N) is 2. The molecule has 0 aromatic carbocycles. The highest BCUT2D eigenvalue weighted by molar-refractivity contribution is 8.00. The van der Waals surface area contributed by atoms with Crippen molar-refractivity contribution in [2.45, 2.75) is 60.2 Å². The van der Waals surface area contributed by atoms with Crippen LogP contribution in [0.5, 0.6) is 0 Å². The third-order valence-electron chi connectivity index (χ3n) is 4.17. The second-order valence-electron chi connectivity index (χ2n) is 5.81. The number of carbonyl (C=O) groups excluding carboxylic acids is 1. The van der Waals surface area contributed by atoms with E-state index in [-0.39, 0.29) is 10.9 Å². The number of thioether (sulfide) groups is 1. The monoisotopic (exact) mass is 357 g/mol. The third-order valence-corrected chi connectivity index (χ3v) is 7.14. The van der Waals surface area contributed by atoms with Crippen molar-refractivity contribution >= 4 is 27.7 Å². The molecule has 1 heterocycles. The maximum absolute atomic E-state index is 12.7. The topological polar surface area (TPSA) is 93.4 Å². The van der Waals surface area contributed by atoms with Crippen LogP contribution < -0.4 is 5.73 Å². The SMILES string of the molecule is C[C@@H](Sc1ccc(S(=O)(=O)N(C)C2CCCCC2)cn1)C(N)=O. The fourth-order valence-corrected chi connectivity index (χ4v) is 4.74. The molecule has 23 heavy (non-hydrogen) atoms. The Morgan fingerprint density at radius 1 is 1.35 bits per heavy atom. The van der Waals surface area contributed by atoms with E-state index < -0.39 is 21.2 Å². The van der Waals surface area contributed by atoms with E-state index >= 15 is 0 Å². The van der Waals surface area contributed by atoms with Gasteiger partial charge in [0.1, 0.15) is 4.90 Å². The van der Waals surface area contributed by atoms with E-state index in [1.54, 1.807) is 20.0 Å². The van der Waals surface area contributed by atoms with E-state index in [9.17, 15) is 13.2 Å². The van der Waals surface area contributed by atoms with Crippen LogP contribution in [0.25, 0.3) is 0 Å². The van der Waals surface area contributed by atoms with Crippen LogP contribution in [-0.4, -0.2) is 42.0 Å². The zero-order valence-corrected chi connectivity index (χ0v) is 15.1. The Morgan fingerprint density at radius 2 is 2.00 bits per heavy atom. The van der Waals surface area contributed by atoms with Crippen molar-refractivity contribution in [1.29, 1.82) is 0 Å². The number of primary amides is 1. The molecule has 6 nitrogen and oxygen atoms in total. The summed E-state index contributed by atoms with van der Waals surface area (Å²) in [6, 6.07) is 3.22. The van der Waals surface area contributed by atoms with E-state index in [0.29, 0.717) is 5.03 Å². The van der Waals surface area contributed by atoms with Gasteiger partial charge >= 0.3 is 0 Å². The number of aromatic nitrogens is 1. The van der Waals surface area contributed by atoms with Gasteiger partial charge in [0, 0.05) is 19.3 Å². The molecule has 0 saturated heterocycles. The quantitative estimate of drug-likeness (QED) is 0.786. The van der Waals surface area contributed by atoms with Crippen molar-refractivity contribution < 1.29 is 13.2 Å². The molecule has 1 fully saturated rings. The van der Waals surface area contributed by atoms with Crippen LogP contribution in [0, 0.1) is 0 Å². The van der Waals surface area contributed by atoms with Gasteiger partial charge in [0.15, 0.2) is 0 Å². The molecule has 1 aliphatic rings. The average molecular weight is 358 g/mol. The maximum Gasteiger partial charge on any atom is 0.244 e. The molecule has 1 aliphatic carbocycles. The summed E-state index contributed by atoms with van der Waals surface area (Å²) in [5.41, 5.74) is 5.22. The molecule has 1 aromatic heterocycles. The lowest BCUT2D eigenvalue weighted by molar-refractivity contribution is -0.117. The molecule has 0 aliphatic heterocycles. The minimum Gasteiger partial charge on any atom is -0.369 e. The van der Waals surface area contributed by atoms with E-state index in [0.717, 1.165) is 25.7 Å². The number of pyridine rings is 1. The minimum absolute atomic E-state index is 0.0673. The zero-order chi connectivity index (χ0) is 17.0. The van der Waals surface area contributed by atoms with Crippen molar-refractivity contribution in [1.82, 2.24) is 9.29 Å². The molecule has 2 rings (SSSR count). The molecule has 0 unspecified atom stereocenters. The Balaban J connectivity index is 2.12. The van der Waals surface area contributed by atoms with Crippen LogP contribution in [-0.2, 0) is 14.8 Å². The molecule has 8 heteroatoms. The van der Waals surface area contributed by atoms with Crippen molar-refractivity contribution in [3.63, 3.8) is 0 Å². The van der Waals surface area contributed by atoms with Crippen LogP contribution in [0.1, 0.15) is 39.0 Å². The third kappa shape index (κ3) is 4.45. The van der Waals surface area contributed by atoms with Crippen LogP contribution in [0.3, 0.4) is 0 Å². The summed E-state index contributed by atoms with van der Waals surface area (Å²) in [7, 11) is -1.89. The molecule has 1 saturated carbocycles. The van der Waals surface area contributed by atoms with Crippen molar-refractivity contribution in [3.8, 4) is 0 Å². The Bertz CT molecular complexity index is 640. The highest BCUT2D eigenvalue weighted by Crippen LogP contribution is 2.27. The Hall–Kier alpha value is -1.12. The number of rotatable bonds is 6. The van der Waals surface area contributed by atoms with Crippen LogP contribution in [0.4, 0.5) is 0 Å². The van der Waals surface area contributed by atoms with Gasteiger partial charge in [-0.25, -0.2) is 13.4 Å². The van der Waals surface area contributed by atoms with E-state index in [1.165, 1.54) is 34.8 Å². The standard InChI is InChI=1S/C15H23N3O3S2/c1-11(15(16)19)22-14-9-8-13(10-17-14)23(20,21)18(2)12-6-4-3-5-7-12/h8-12H,3-7H2,1-2H3,(H2,16,19)/t11-/m1/s1. The van der Waals surface area contributed by atoms with Gasteiger partial charge in [0.2, 0.25) is 15.9 Å². The number of sulfonamides is 1. The van der Waals surface area contributed by atoms with E-state index in [1.807, 2.05) is 0 Å². The molecule has 1 amide bonds. The largest absolute Gasteiger partial charge is 0.369 e. The second kappa shape index (κ2) is 7.63. The highest BCUT2D eigenvalue weighted by atomic mass is 32.2. The molecular formula is C15H23N3O3S2. The first-order chi connectivity index (χ1) is 10.8. The molecule has 2 N–H and O–H groups in total. The smallest absolute Gasteiger partial charge is 0.244 e. The Labute approximate surface area is 141 Å². The number of nitrogens with two attached hydrogens (primary N) is 1. The van der Waals surface area contributed by atoms with Gasteiger partial charge in [-0.2, -0.15) is 4.31 Å². The molecule has 1 atom stereocenters. The highest BCUT2D eigenvalue weighted by Gasteiger charge is 2.29. The lowest BCUT2D eigenvalue weighted by Crippen LogP contribution is -2.38. The average Bonchev–Trinajstić information content (AvgIpc) is 2.55. The lowest BCUT2D eigenvalue weighted by atomic mass is 9.96. The van der Waals surface area contributed by atoms with Gasteiger partial charge in [-0.15, -0.1) is 0 Å². The summed E-state index contributed by atoms with van der Waals surface area (Å²) in [6.07, 6.45) is 6.49. The number of amides is 1. The van der Waals surface area contributed by atoms with E-state index in [2.05, 4.69) is 4.98 Å². The van der Waals surface area contributed by atoms with Crippen LogP contribution in [0.2, 0.25) is 0 Å². The number of hydrogen-bond donors (Lipinski definition) is 1. The molecule has 0 bridgehead atoms. The zero-order valence-electron chi connectivity index (χ0n) is 13.4. The molecule has 128 valence electrons. The predicted octanol–water partition coefficient (Wildman–Crippen LogP) is 2.00. The van der Waals surface area contributed by atoms with Crippen molar-refractivity contribution in [2.24, 2.45) is 5.73 Å². The fraction of sp³-hybridized carbons (Fsp3) is 0.600. The summed E-state index contributed by atoms with van der Waals surface area (Å²) in [6.45, 7) is 1.69. The summed E-state index contributed by atoms with van der Waals surface area (Å²) in [4.78, 5) is 15.4. The summed E-state index contributed by atoms with van der Waals surface area (Å²) >= 11 is 1.21. The molecule has 0 radical (unpaired) electrons. The van der Waals surface area contributed by atoms with Gasteiger partial charge in [-0.05, 0) is 31.9 Å². The first-order valence-electron chi connectivity index (χ1n) is 7.72. The fourth-order valence-electron chi connectivity index (χ4n) is 2.64. The van der Waals surface area contributed by atoms with Gasteiger partial charge in [-0.1, -0.05) is 31.0 Å². The van der Waals surface area contributed by atoms with Crippen molar-refractivity contribution in [3.05, 3.63) is 18.3 Å². The van der Waals surface area contributed by atoms with E-state index in [4.69, 9.17) is 5.73 Å². The van der Waals surface area contributed by atoms with Gasteiger partial charge in [0.05, 0.1) is 10.3 Å². The van der Waals surface area contributed by atoms with Crippen LogP contribution >= 0.6 is 11.8 Å². The minimum atomic E-state index is -3.53. The van der Waals surface area contributed by atoms with Gasteiger partial charge in [-0.3, -0.25) is 4.79 Å². The lowest BCUT2D eigenvalue weighted by Gasteiger charge is -2.30. The number of carbonyl (C=O) groups is 1. The summed E-state index contributed by atoms with van der Waals surface area (Å²) in [5, 5.41) is 0.172. The first-order valence-corrected chi connectivity index (χ1v) is 10.0. The van der Waals surface area contributed by atoms with Gasteiger partial charge in [0.25, 0.3) is 0 Å². The molecular weight excluding hydrogens is 334 g/mol. The molecule has 0 spiro atoms. The summed E-state index contributed by atoms with van der Waals surface area (Å²) in [5.74, 6) is -0.425. The van der Waals surface area contributed by atoms with Gasteiger partial charge < -0.3 is 5.73 Å².